The first-order chi connectivity index (χ1) is 26.4. The lowest BCUT2D eigenvalue weighted by atomic mass is 9.99. The summed E-state index contributed by atoms with van der Waals surface area (Å²) in [5.74, 6) is 0. The Morgan fingerprint density at radius 2 is 0.574 bits per heavy atom. The molecule has 0 spiro atoms. The van der Waals surface area contributed by atoms with Gasteiger partial charge in [-0.05, 0) is 146 Å². The second-order valence-corrected chi connectivity index (χ2v) is 14.3. The third-order valence-electron chi connectivity index (χ3n) is 10.1. The number of benzene rings is 8. The molecule has 2 nitrogen and oxygen atoms in total. The van der Waals surface area contributed by atoms with Gasteiger partial charge in [0.25, 0.3) is 0 Å². The molecule has 54 heavy (non-hydrogen) atoms. The van der Waals surface area contributed by atoms with E-state index in [9.17, 15) is 0 Å². The first-order valence-electron chi connectivity index (χ1n) is 18.7. The molecule has 0 amide bonds. The number of hydrogen-bond acceptors (Lipinski definition) is 2. The molecule has 0 saturated heterocycles. The van der Waals surface area contributed by atoms with Crippen LogP contribution in [-0.2, 0) is 0 Å². The zero-order valence-corrected chi connectivity index (χ0v) is 31.4. The van der Waals surface area contributed by atoms with E-state index in [1.165, 1.54) is 49.7 Å². The number of aryl methyl sites for hydroxylation is 4. The summed E-state index contributed by atoms with van der Waals surface area (Å²) in [6.45, 7) is 8.51. The minimum Gasteiger partial charge on any atom is -0.311 e. The highest BCUT2D eigenvalue weighted by Crippen LogP contribution is 2.37. The zero-order valence-electron chi connectivity index (χ0n) is 31.4. The molecule has 0 unspecified atom stereocenters. The lowest BCUT2D eigenvalue weighted by Crippen LogP contribution is -2.09. The van der Waals surface area contributed by atoms with E-state index in [4.69, 9.17) is 0 Å². The molecule has 0 radical (unpaired) electrons. The van der Waals surface area contributed by atoms with Gasteiger partial charge in [0.2, 0.25) is 0 Å². The van der Waals surface area contributed by atoms with E-state index in [1.807, 2.05) is 0 Å². The topological polar surface area (TPSA) is 6.48 Å². The fraction of sp³-hybridized carbons (Fsp3) is 0.0769. The fourth-order valence-electron chi connectivity index (χ4n) is 6.95. The van der Waals surface area contributed by atoms with Crippen LogP contribution in [0.15, 0.2) is 182 Å². The van der Waals surface area contributed by atoms with Crippen LogP contribution in [0.2, 0.25) is 0 Å². The molecular formula is C52H44N2. The molecule has 0 aliphatic heterocycles. The van der Waals surface area contributed by atoms with Gasteiger partial charge in [0.1, 0.15) is 0 Å². The van der Waals surface area contributed by atoms with Crippen LogP contribution >= 0.6 is 0 Å². The van der Waals surface area contributed by atoms with E-state index in [0.717, 1.165) is 39.7 Å². The van der Waals surface area contributed by atoms with Crippen LogP contribution in [-0.4, -0.2) is 0 Å². The Morgan fingerprint density at radius 3 is 1.00 bits per heavy atom. The number of hydrogen-bond donors (Lipinski definition) is 0. The Labute approximate surface area is 319 Å². The summed E-state index contributed by atoms with van der Waals surface area (Å²) in [5.41, 5.74) is 16.6. The van der Waals surface area contributed by atoms with Crippen molar-refractivity contribution in [2.75, 3.05) is 9.80 Å². The summed E-state index contributed by atoms with van der Waals surface area (Å²) in [5, 5.41) is 2.45. The summed E-state index contributed by atoms with van der Waals surface area (Å²) >= 11 is 0. The molecular weight excluding hydrogens is 653 g/mol. The summed E-state index contributed by atoms with van der Waals surface area (Å²) in [6.07, 6.45) is 4.39. The second kappa shape index (κ2) is 15.1. The maximum absolute atomic E-state index is 2.32. The maximum Gasteiger partial charge on any atom is 0.0462 e. The molecule has 0 atom stereocenters. The van der Waals surface area contributed by atoms with E-state index in [-0.39, 0.29) is 0 Å². The van der Waals surface area contributed by atoms with Gasteiger partial charge >= 0.3 is 0 Å². The molecule has 0 aromatic heterocycles. The van der Waals surface area contributed by atoms with Gasteiger partial charge in [-0.25, -0.2) is 0 Å². The highest BCUT2D eigenvalue weighted by molar-refractivity contribution is 5.90. The molecule has 0 saturated carbocycles. The van der Waals surface area contributed by atoms with E-state index in [1.54, 1.807) is 0 Å². The maximum atomic E-state index is 2.32. The Hall–Kier alpha value is -6.64. The van der Waals surface area contributed by atoms with Crippen molar-refractivity contribution < 1.29 is 0 Å². The summed E-state index contributed by atoms with van der Waals surface area (Å²) < 4.78 is 0. The van der Waals surface area contributed by atoms with Crippen molar-refractivity contribution in [3.8, 4) is 11.1 Å². The molecule has 0 aliphatic rings. The van der Waals surface area contributed by atoms with Crippen LogP contribution in [0.4, 0.5) is 34.1 Å². The number of fused-ring (bicyclic) bond motifs is 1. The monoisotopic (exact) mass is 696 g/mol. The van der Waals surface area contributed by atoms with Crippen molar-refractivity contribution in [1.29, 1.82) is 0 Å². The average molecular weight is 697 g/mol. The lowest BCUT2D eigenvalue weighted by Gasteiger charge is -2.26. The normalized spacial score (nSPS) is 11.3. The zero-order chi connectivity index (χ0) is 37.0. The van der Waals surface area contributed by atoms with Crippen LogP contribution in [0.3, 0.4) is 0 Å². The van der Waals surface area contributed by atoms with Gasteiger partial charge in [-0.15, -0.1) is 0 Å². The van der Waals surface area contributed by atoms with Gasteiger partial charge in [-0.3, -0.25) is 0 Å². The van der Waals surface area contributed by atoms with Crippen LogP contribution in [0, 0.1) is 27.7 Å². The molecule has 0 fully saturated rings. The average Bonchev–Trinajstić information content (AvgIpc) is 3.20. The molecule has 8 aromatic carbocycles. The van der Waals surface area contributed by atoms with Crippen LogP contribution < -0.4 is 9.80 Å². The fourth-order valence-corrected chi connectivity index (χ4v) is 6.95. The van der Waals surface area contributed by atoms with Crippen molar-refractivity contribution in [2.45, 2.75) is 27.7 Å². The molecule has 0 bridgehead atoms. The SMILES string of the molecule is Cc1ccc(N(c2ccc(C)cc2)c2ccc(C=Cc3ccc4cc(-c5ccc(N(c6ccc(C)cc6)c6ccc(C)cc6)cc5)ccc4c3)cc2)cc1. The second-order valence-electron chi connectivity index (χ2n) is 14.3. The standard InChI is InChI=1S/C52H44N2/c1-37-5-23-47(24-6-37)53(48-25-7-38(2)8-26-48)51-31-16-41(17-32-51)13-14-42-15-18-46-36-45(20-19-44(46)35-42)43-21-33-52(34-22-43)54(49-27-9-39(3)10-28-49)50-29-11-40(4)12-30-50/h5-36H,1-4H3. The van der Waals surface area contributed by atoms with Crippen molar-refractivity contribution in [3.05, 3.63) is 215 Å². The molecule has 262 valence electrons. The largest absolute Gasteiger partial charge is 0.311 e. The van der Waals surface area contributed by atoms with E-state index < -0.39 is 0 Å². The quantitative estimate of drug-likeness (QED) is 0.139. The van der Waals surface area contributed by atoms with Crippen LogP contribution in [0.1, 0.15) is 33.4 Å². The Kier molecular flexibility index (Phi) is 9.66. The van der Waals surface area contributed by atoms with Gasteiger partial charge in [-0.2, -0.15) is 0 Å². The Balaban J connectivity index is 1.00. The molecule has 8 rings (SSSR count). The van der Waals surface area contributed by atoms with Crippen molar-refractivity contribution in [1.82, 2.24) is 0 Å². The predicted molar refractivity (Wildman–Crippen MR) is 233 cm³/mol. The van der Waals surface area contributed by atoms with Gasteiger partial charge in [0.05, 0.1) is 0 Å². The Morgan fingerprint density at radius 1 is 0.278 bits per heavy atom. The minimum atomic E-state index is 1.13. The van der Waals surface area contributed by atoms with Gasteiger partial charge in [0, 0.05) is 34.1 Å². The minimum absolute atomic E-state index is 1.13. The van der Waals surface area contributed by atoms with Crippen molar-refractivity contribution in [2.24, 2.45) is 0 Å². The van der Waals surface area contributed by atoms with Crippen LogP contribution in [0.25, 0.3) is 34.1 Å². The first-order valence-corrected chi connectivity index (χ1v) is 18.7. The van der Waals surface area contributed by atoms with Crippen LogP contribution in [0.5, 0.6) is 0 Å². The third-order valence-corrected chi connectivity index (χ3v) is 10.1. The van der Waals surface area contributed by atoms with E-state index in [0.29, 0.717) is 0 Å². The molecule has 2 heteroatoms. The highest BCUT2D eigenvalue weighted by Gasteiger charge is 2.14. The number of nitrogens with zero attached hydrogens (tertiary/aromatic N) is 2. The smallest absolute Gasteiger partial charge is 0.0462 e. The first kappa shape index (κ1) is 34.4. The van der Waals surface area contributed by atoms with Crippen molar-refractivity contribution >= 4 is 57.0 Å². The number of rotatable bonds is 9. The predicted octanol–water partition coefficient (Wildman–Crippen LogP) is 14.9. The van der Waals surface area contributed by atoms with Gasteiger partial charge in [0.15, 0.2) is 0 Å². The van der Waals surface area contributed by atoms with Crippen molar-refractivity contribution in [3.63, 3.8) is 0 Å². The summed E-state index contributed by atoms with van der Waals surface area (Å²) in [7, 11) is 0. The Bertz CT molecular complexity index is 2440. The molecule has 0 heterocycles. The molecule has 8 aromatic rings. The number of anilines is 6. The van der Waals surface area contributed by atoms with Gasteiger partial charge < -0.3 is 9.80 Å². The molecule has 0 aliphatic carbocycles. The summed E-state index contributed by atoms with van der Waals surface area (Å²) in [4.78, 5) is 4.63. The third kappa shape index (κ3) is 7.60. The summed E-state index contributed by atoms with van der Waals surface area (Å²) in [6, 6.07) is 66.1. The highest BCUT2D eigenvalue weighted by atomic mass is 15.1. The van der Waals surface area contributed by atoms with Gasteiger partial charge in [-0.1, -0.05) is 131 Å². The van der Waals surface area contributed by atoms with E-state index >= 15 is 0 Å². The molecule has 0 N–H and O–H groups in total. The lowest BCUT2D eigenvalue weighted by molar-refractivity contribution is 1.27. The van der Waals surface area contributed by atoms with E-state index in [2.05, 4.69) is 232 Å².